The summed E-state index contributed by atoms with van der Waals surface area (Å²) in [6.07, 6.45) is 0.667. The molecule has 3 rings (SSSR count). The lowest BCUT2D eigenvalue weighted by atomic mass is 10.0. The lowest BCUT2D eigenvalue weighted by Crippen LogP contribution is -2.46. The average Bonchev–Trinajstić information content (AvgIpc) is 3.24. The van der Waals surface area contributed by atoms with E-state index in [4.69, 9.17) is 11.6 Å². The molecule has 3 aromatic rings. The fourth-order valence-corrected chi connectivity index (χ4v) is 3.71. The molecule has 0 fully saturated rings. The van der Waals surface area contributed by atoms with Crippen LogP contribution in [-0.2, 0) is 4.74 Å². The number of halogens is 2. The molecule has 1 aromatic carbocycles. The fraction of sp³-hybridized carbons (Fsp3) is 0.182. The van der Waals surface area contributed by atoms with Crippen molar-refractivity contribution in [3.05, 3.63) is 68.5 Å². The van der Waals surface area contributed by atoms with Crippen LogP contribution in [-0.4, -0.2) is 51.3 Å². The van der Waals surface area contributed by atoms with E-state index in [1.165, 1.54) is 36.2 Å². The molecule has 180 valence electrons. The molecule has 35 heavy (non-hydrogen) atoms. The van der Waals surface area contributed by atoms with Crippen molar-refractivity contribution in [2.24, 2.45) is 0 Å². The minimum absolute atomic E-state index is 0.0501. The predicted octanol–water partition coefficient (Wildman–Crippen LogP) is 3.85. The molecule has 0 aliphatic rings. The third-order valence-corrected chi connectivity index (χ3v) is 5.56. The Hall–Kier alpha value is -3.95. The van der Waals surface area contributed by atoms with Crippen molar-refractivity contribution in [2.75, 3.05) is 19.0 Å². The second-order valence-corrected chi connectivity index (χ2v) is 8.17. The summed E-state index contributed by atoms with van der Waals surface area (Å²) in [5.74, 6) is -1.03. The molecule has 2 aromatic heterocycles. The maximum absolute atomic E-state index is 13.4. The summed E-state index contributed by atoms with van der Waals surface area (Å²) in [6, 6.07) is 9.59. The van der Waals surface area contributed by atoms with Gasteiger partial charge in [0.2, 0.25) is 0 Å². The molecule has 11 nitrogen and oxygen atoms in total. The molecule has 0 aliphatic carbocycles. The number of hydrogen-bond donors (Lipinski definition) is 2. The zero-order valence-corrected chi connectivity index (χ0v) is 21.1. The van der Waals surface area contributed by atoms with Gasteiger partial charge in [0.25, 0.3) is 11.8 Å². The number of nitrogens with one attached hydrogen (secondary N) is 2. The van der Waals surface area contributed by atoms with Crippen LogP contribution in [0.3, 0.4) is 0 Å². The maximum Gasteiger partial charge on any atom is 0.425 e. The van der Waals surface area contributed by atoms with Gasteiger partial charge in [-0.25, -0.2) is 24.9 Å². The monoisotopic (exact) mass is 559 g/mol. The molecule has 0 saturated heterocycles. The number of methoxy groups -OCH3 is 1. The van der Waals surface area contributed by atoms with Gasteiger partial charge in [-0.2, -0.15) is 10.4 Å². The van der Waals surface area contributed by atoms with Gasteiger partial charge in [0.05, 0.1) is 35.0 Å². The number of rotatable bonds is 5. The van der Waals surface area contributed by atoms with Gasteiger partial charge in [-0.05, 0) is 59.6 Å². The SMILES string of the molecule is CCN(NC(=O)OC)C(=O)c1ccc(C#N)c(C)c1NC(=O)c1cc(Br)nn1-c1ncccc1Cl. The predicted molar refractivity (Wildman–Crippen MR) is 130 cm³/mol. The Morgan fingerprint density at radius 2 is 2.06 bits per heavy atom. The lowest BCUT2D eigenvalue weighted by Gasteiger charge is -2.23. The van der Waals surface area contributed by atoms with E-state index >= 15 is 0 Å². The molecule has 0 aliphatic heterocycles. The molecule has 0 atom stereocenters. The van der Waals surface area contributed by atoms with E-state index in [0.29, 0.717) is 10.2 Å². The second-order valence-electron chi connectivity index (χ2n) is 6.95. The van der Waals surface area contributed by atoms with Gasteiger partial charge in [0.15, 0.2) is 5.82 Å². The number of nitriles is 1. The van der Waals surface area contributed by atoms with Crippen molar-refractivity contribution >= 4 is 51.1 Å². The molecule has 0 radical (unpaired) electrons. The van der Waals surface area contributed by atoms with Gasteiger partial charge in [-0.15, -0.1) is 0 Å². The fourth-order valence-electron chi connectivity index (χ4n) is 3.13. The number of amides is 3. The number of ether oxygens (including phenoxy) is 1. The first kappa shape index (κ1) is 25.7. The van der Waals surface area contributed by atoms with E-state index in [1.54, 1.807) is 26.0 Å². The van der Waals surface area contributed by atoms with Crippen LogP contribution in [0, 0.1) is 18.3 Å². The first-order chi connectivity index (χ1) is 16.7. The third kappa shape index (κ3) is 5.42. The topological polar surface area (TPSA) is 142 Å². The van der Waals surface area contributed by atoms with E-state index < -0.39 is 17.9 Å². The number of pyridine rings is 1. The molecular formula is C22H19BrClN7O4. The van der Waals surface area contributed by atoms with Crippen molar-refractivity contribution in [1.82, 2.24) is 25.2 Å². The highest BCUT2D eigenvalue weighted by molar-refractivity contribution is 9.10. The number of carbonyl (C=O) groups is 3. The maximum atomic E-state index is 13.4. The van der Waals surface area contributed by atoms with Gasteiger partial charge < -0.3 is 10.1 Å². The highest BCUT2D eigenvalue weighted by atomic mass is 79.9. The highest BCUT2D eigenvalue weighted by Crippen LogP contribution is 2.27. The van der Waals surface area contributed by atoms with Crippen LogP contribution < -0.4 is 10.7 Å². The molecule has 3 amide bonds. The Labute approximate surface area is 213 Å². The van der Waals surface area contributed by atoms with Crippen molar-refractivity contribution in [3.63, 3.8) is 0 Å². The van der Waals surface area contributed by atoms with Crippen LogP contribution in [0.25, 0.3) is 5.82 Å². The van der Waals surface area contributed by atoms with Crippen LogP contribution in [0.2, 0.25) is 5.02 Å². The Morgan fingerprint density at radius 3 is 2.69 bits per heavy atom. The first-order valence-corrected chi connectivity index (χ1v) is 11.3. The molecule has 0 saturated carbocycles. The van der Waals surface area contributed by atoms with Gasteiger partial charge in [-0.3, -0.25) is 9.59 Å². The Bertz CT molecular complexity index is 1350. The Morgan fingerprint density at radius 1 is 1.31 bits per heavy atom. The number of benzene rings is 1. The molecule has 13 heteroatoms. The van der Waals surface area contributed by atoms with E-state index in [1.807, 2.05) is 6.07 Å². The number of hydrogen-bond acceptors (Lipinski definition) is 7. The summed E-state index contributed by atoms with van der Waals surface area (Å²) in [4.78, 5) is 42.4. The van der Waals surface area contributed by atoms with E-state index in [-0.39, 0.29) is 39.9 Å². The molecule has 0 bridgehead atoms. The molecule has 2 heterocycles. The summed E-state index contributed by atoms with van der Waals surface area (Å²) in [6.45, 7) is 3.35. The summed E-state index contributed by atoms with van der Waals surface area (Å²) < 4.78 is 6.16. The van der Waals surface area contributed by atoms with Gasteiger partial charge in [0.1, 0.15) is 10.3 Å². The van der Waals surface area contributed by atoms with E-state index in [0.717, 1.165) is 5.01 Å². The number of aromatic nitrogens is 3. The van der Waals surface area contributed by atoms with Crippen LogP contribution in [0.15, 0.2) is 41.1 Å². The molecule has 2 N–H and O–H groups in total. The minimum atomic E-state index is -0.836. The van der Waals surface area contributed by atoms with Gasteiger partial charge in [0, 0.05) is 18.8 Å². The van der Waals surface area contributed by atoms with Gasteiger partial charge in [-0.1, -0.05) is 11.6 Å². The van der Waals surface area contributed by atoms with Crippen molar-refractivity contribution < 1.29 is 19.1 Å². The largest absolute Gasteiger partial charge is 0.452 e. The van der Waals surface area contributed by atoms with Crippen LogP contribution in [0.1, 0.15) is 38.9 Å². The standard InChI is InChI=1S/C22H19BrClN7O4/c1-4-30(29-22(34)35-3)21(33)14-8-7-13(11-25)12(2)18(14)27-20(32)16-10-17(23)28-31(16)19-15(24)6-5-9-26-19/h5-10H,4H2,1-3H3,(H,27,32)(H,29,34). The van der Waals surface area contributed by atoms with Crippen LogP contribution >= 0.6 is 27.5 Å². The average molecular weight is 561 g/mol. The van der Waals surface area contributed by atoms with Crippen LogP contribution in [0.5, 0.6) is 0 Å². The van der Waals surface area contributed by atoms with Crippen molar-refractivity contribution in [2.45, 2.75) is 13.8 Å². The molecular weight excluding hydrogens is 542 g/mol. The normalized spacial score (nSPS) is 10.3. The number of nitrogens with zero attached hydrogens (tertiary/aromatic N) is 5. The molecule has 0 unspecified atom stereocenters. The van der Waals surface area contributed by atoms with E-state index in [9.17, 15) is 19.6 Å². The summed E-state index contributed by atoms with van der Waals surface area (Å²) in [7, 11) is 1.17. The molecule has 0 spiro atoms. The number of anilines is 1. The summed E-state index contributed by atoms with van der Waals surface area (Å²) >= 11 is 9.49. The zero-order valence-electron chi connectivity index (χ0n) is 18.8. The third-order valence-electron chi connectivity index (χ3n) is 4.88. The van der Waals surface area contributed by atoms with E-state index in [2.05, 4.69) is 41.5 Å². The number of carbonyl (C=O) groups excluding carboxylic acids is 3. The first-order valence-electron chi connectivity index (χ1n) is 10.1. The van der Waals surface area contributed by atoms with Gasteiger partial charge >= 0.3 is 6.09 Å². The minimum Gasteiger partial charge on any atom is -0.452 e. The van der Waals surface area contributed by atoms with Crippen molar-refractivity contribution in [1.29, 1.82) is 5.26 Å². The Balaban J connectivity index is 2.06. The Kier molecular flexibility index (Phi) is 8.06. The smallest absolute Gasteiger partial charge is 0.425 e. The summed E-state index contributed by atoms with van der Waals surface area (Å²) in [5.41, 5.74) is 3.15. The lowest BCUT2D eigenvalue weighted by molar-refractivity contribution is 0.0644. The summed E-state index contributed by atoms with van der Waals surface area (Å²) in [5, 5.41) is 17.7. The highest BCUT2D eigenvalue weighted by Gasteiger charge is 2.25. The van der Waals surface area contributed by atoms with Crippen molar-refractivity contribution in [3.8, 4) is 11.9 Å². The van der Waals surface area contributed by atoms with Crippen LogP contribution in [0.4, 0.5) is 10.5 Å². The zero-order chi connectivity index (χ0) is 25.7. The quantitative estimate of drug-likeness (QED) is 0.451. The second kappa shape index (κ2) is 11.0. The number of hydrazine groups is 1.